The number of urea groups is 1. The molecule has 1 saturated heterocycles. The lowest BCUT2D eigenvalue weighted by Crippen LogP contribution is -2.47. The van der Waals surface area contributed by atoms with Gasteiger partial charge in [-0.1, -0.05) is 44.4 Å². The molecule has 0 aliphatic carbocycles. The summed E-state index contributed by atoms with van der Waals surface area (Å²) in [7, 11) is 0. The monoisotopic (exact) mass is 417 g/mol. The third-order valence-corrected chi connectivity index (χ3v) is 5.19. The zero-order valence-corrected chi connectivity index (χ0v) is 18.4. The number of amides is 4. The Hall–Kier alpha value is -2.90. The minimum atomic E-state index is -0.960. The van der Waals surface area contributed by atoms with Crippen LogP contribution < -0.4 is 10.6 Å². The van der Waals surface area contributed by atoms with Crippen molar-refractivity contribution < 1.29 is 23.9 Å². The molecule has 0 aromatic heterocycles. The summed E-state index contributed by atoms with van der Waals surface area (Å²) in [6.45, 7) is 8.60. The van der Waals surface area contributed by atoms with E-state index in [-0.39, 0.29) is 0 Å². The molecule has 4 amide bonds. The van der Waals surface area contributed by atoms with Crippen molar-refractivity contribution in [3.05, 3.63) is 28.8 Å². The van der Waals surface area contributed by atoms with Crippen molar-refractivity contribution >= 4 is 29.5 Å². The van der Waals surface area contributed by atoms with Crippen LogP contribution >= 0.6 is 0 Å². The molecule has 0 bridgehead atoms. The number of rotatable bonds is 9. The number of ether oxygens (including phenoxy) is 1. The topological polar surface area (TPSA) is 105 Å². The molecule has 1 aromatic carbocycles. The molecule has 0 unspecified atom stereocenters. The number of anilines is 1. The van der Waals surface area contributed by atoms with E-state index in [1.807, 2.05) is 46.8 Å². The first-order valence-corrected chi connectivity index (χ1v) is 10.3. The van der Waals surface area contributed by atoms with E-state index in [0.29, 0.717) is 18.5 Å². The van der Waals surface area contributed by atoms with Crippen molar-refractivity contribution in [2.75, 3.05) is 18.5 Å². The predicted molar refractivity (Wildman–Crippen MR) is 113 cm³/mol. The van der Waals surface area contributed by atoms with Crippen molar-refractivity contribution in [1.82, 2.24) is 10.2 Å². The minimum absolute atomic E-state index is 0.413. The van der Waals surface area contributed by atoms with E-state index in [1.54, 1.807) is 0 Å². The van der Waals surface area contributed by atoms with Crippen LogP contribution in [0.5, 0.6) is 0 Å². The molecule has 1 heterocycles. The molecule has 1 fully saturated rings. The van der Waals surface area contributed by atoms with Gasteiger partial charge in [-0.15, -0.1) is 0 Å². The molecule has 30 heavy (non-hydrogen) atoms. The van der Waals surface area contributed by atoms with Crippen LogP contribution in [0, 0.1) is 20.8 Å². The van der Waals surface area contributed by atoms with Crippen LogP contribution in [0.2, 0.25) is 0 Å². The highest BCUT2D eigenvalue weighted by atomic mass is 16.5. The summed E-state index contributed by atoms with van der Waals surface area (Å²) in [6, 6.07) is 3.30. The third kappa shape index (κ3) is 5.17. The van der Waals surface area contributed by atoms with Gasteiger partial charge >= 0.3 is 12.0 Å². The molecular weight excluding hydrogens is 386 g/mol. The number of benzene rings is 1. The van der Waals surface area contributed by atoms with E-state index < -0.39 is 42.5 Å². The highest BCUT2D eigenvalue weighted by Gasteiger charge is 2.50. The van der Waals surface area contributed by atoms with Gasteiger partial charge in [-0.3, -0.25) is 19.3 Å². The fraction of sp³-hybridized carbons (Fsp3) is 0.545. The molecule has 8 heteroatoms. The van der Waals surface area contributed by atoms with Gasteiger partial charge in [0.15, 0.2) is 6.61 Å². The van der Waals surface area contributed by atoms with Crippen molar-refractivity contribution in [3.63, 3.8) is 0 Å². The van der Waals surface area contributed by atoms with Gasteiger partial charge in [-0.05, 0) is 44.7 Å². The van der Waals surface area contributed by atoms with Crippen LogP contribution in [-0.2, 0) is 19.1 Å². The Morgan fingerprint density at radius 1 is 1.07 bits per heavy atom. The number of hydrogen-bond donors (Lipinski definition) is 2. The van der Waals surface area contributed by atoms with Gasteiger partial charge in [0, 0.05) is 5.69 Å². The maximum Gasteiger partial charge on any atom is 0.326 e. The van der Waals surface area contributed by atoms with E-state index in [2.05, 4.69) is 10.6 Å². The van der Waals surface area contributed by atoms with Gasteiger partial charge in [0.25, 0.3) is 11.8 Å². The Bertz CT molecular complexity index is 820. The summed E-state index contributed by atoms with van der Waals surface area (Å²) in [5.74, 6) is -1.71. The molecule has 1 aliphatic heterocycles. The molecular formula is C22H31N3O5. The average Bonchev–Trinajstić information content (AvgIpc) is 2.88. The van der Waals surface area contributed by atoms with E-state index in [1.165, 1.54) is 0 Å². The summed E-state index contributed by atoms with van der Waals surface area (Å²) in [5, 5.41) is 5.48. The quantitative estimate of drug-likeness (QED) is 0.475. The molecule has 0 radical (unpaired) electrons. The number of imide groups is 1. The highest BCUT2D eigenvalue weighted by molar-refractivity contribution is 6.08. The molecule has 2 N–H and O–H groups in total. The van der Waals surface area contributed by atoms with Gasteiger partial charge in [0.2, 0.25) is 0 Å². The fourth-order valence-electron chi connectivity index (χ4n) is 4.01. The van der Waals surface area contributed by atoms with E-state index in [9.17, 15) is 19.2 Å². The van der Waals surface area contributed by atoms with E-state index in [4.69, 9.17) is 4.74 Å². The normalized spacial score (nSPS) is 15.2. The number of carbonyl (C=O) groups excluding carboxylic acids is 4. The number of nitrogens with zero attached hydrogens (tertiary/aromatic N) is 1. The Morgan fingerprint density at radius 2 is 1.63 bits per heavy atom. The molecule has 1 aromatic rings. The Balaban J connectivity index is 1.94. The summed E-state index contributed by atoms with van der Waals surface area (Å²) >= 11 is 0. The zero-order chi connectivity index (χ0) is 22.5. The lowest BCUT2D eigenvalue weighted by atomic mass is 9.88. The first-order valence-electron chi connectivity index (χ1n) is 10.3. The minimum Gasteiger partial charge on any atom is -0.454 e. The number of aryl methyl sites for hydroxylation is 3. The smallest absolute Gasteiger partial charge is 0.326 e. The largest absolute Gasteiger partial charge is 0.454 e. The second-order valence-electron chi connectivity index (χ2n) is 7.89. The number of carbonyl (C=O) groups is 4. The van der Waals surface area contributed by atoms with Gasteiger partial charge in [0.05, 0.1) is 0 Å². The predicted octanol–water partition coefficient (Wildman–Crippen LogP) is 2.98. The average molecular weight is 418 g/mol. The lowest BCUT2D eigenvalue weighted by Gasteiger charge is -2.25. The Labute approximate surface area is 177 Å². The summed E-state index contributed by atoms with van der Waals surface area (Å²) < 4.78 is 5.00. The SMILES string of the molecule is CCCC1(CCC)NC(=O)N(CC(=O)OCC(=O)Nc2c(C)cc(C)cc2C)C1=O. The fourth-order valence-corrected chi connectivity index (χ4v) is 4.01. The molecule has 164 valence electrons. The summed E-state index contributed by atoms with van der Waals surface area (Å²) in [6.07, 6.45) is 2.47. The molecule has 1 aliphatic rings. The second kappa shape index (κ2) is 9.73. The summed E-state index contributed by atoms with van der Waals surface area (Å²) in [5.41, 5.74) is 2.63. The van der Waals surface area contributed by atoms with Crippen LogP contribution in [0.3, 0.4) is 0 Å². The lowest BCUT2D eigenvalue weighted by molar-refractivity contribution is -0.150. The molecule has 0 saturated carbocycles. The first kappa shape index (κ1) is 23.4. The van der Waals surface area contributed by atoms with Crippen molar-refractivity contribution in [1.29, 1.82) is 0 Å². The zero-order valence-electron chi connectivity index (χ0n) is 18.4. The molecule has 0 spiro atoms. The highest BCUT2D eigenvalue weighted by Crippen LogP contribution is 2.28. The van der Waals surface area contributed by atoms with Crippen molar-refractivity contribution in [2.45, 2.75) is 65.8 Å². The van der Waals surface area contributed by atoms with Crippen LogP contribution in [0.15, 0.2) is 12.1 Å². The maximum absolute atomic E-state index is 12.8. The molecule has 0 atom stereocenters. The van der Waals surface area contributed by atoms with Crippen LogP contribution in [0.4, 0.5) is 10.5 Å². The maximum atomic E-state index is 12.8. The molecule has 8 nitrogen and oxygen atoms in total. The van der Waals surface area contributed by atoms with Gasteiger partial charge < -0.3 is 15.4 Å². The van der Waals surface area contributed by atoms with Crippen molar-refractivity contribution in [3.8, 4) is 0 Å². The standard InChI is InChI=1S/C22H31N3O5/c1-6-8-22(9-7-2)20(28)25(21(29)24-22)12-18(27)30-13-17(26)23-19-15(4)10-14(3)11-16(19)5/h10-11H,6-9,12-13H2,1-5H3,(H,23,26)(H,24,29). The third-order valence-electron chi connectivity index (χ3n) is 5.19. The number of hydrogen-bond acceptors (Lipinski definition) is 5. The van der Waals surface area contributed by atoms with Gasteiger partial charge in [-0.25, -0.2) is 4.79 Å². The van der Waals surface area contributed by atoms with E-state index >= 15 is 0 Å². The Morgan fingerprint density at radius 3 is 2.17 bits per heavy atom. The van der Waals surface area contributed by atoms with Crippen LogP contribution in [0.25, 0.3) is 0 Å². The summed E-state index contributed by atoms with van der Waals surface area (Å²) in [4.78, 5) is 50.3. The number of nitrogens with one attached hydrogen (secondary N) is 2. The van der Waals surface area contributed by atoms with Crippen LogP contribution in [0.1, 0.15) is 56.2 Å². The molecule has 2 rings (SSSR count). The second-order valence-corrected chi connectivity index (χ2v) is 7.89. The number of esters is 1. The van der Waals surface area contributed by atoms with E-state index in [0.717, 1.165) is 34.4 Å². The Kier molecular flexibility index (Phi) is 7.59. The van der Waals surface area contributed by atoms with Crippen LogP contribution in [-0.4, -0.2) is 47.4 Å². The van der Waals surface area contributed by atoms with Gasteiger partial charge in [-0.2, -0.15) is 0 Å². The van der Waals surface area contributed by atoms with Gasteiger partial charge in [0.1, 0.15) is 12.1 Å². The van der Waals surface area contributed by atoms with Crippen molar-refractivity contribution in [2.24, 2.45) is 0 Å². The first-order chi connectivity index (χ1) is 14.1.